The Hall–Kier alpha value is -3.81. The van der Waals surface area contributed by atoms with E-state index in [1.807, 2.05) is 6.08 Å². The predicted molar refractivity (Wildman–Crippen MR) is 415 cm³/mol. The van der Waals surface area contributed by atoms with Crippen LogP contribution in [0.15, 0.2) is 122 Å². The first-order valence-electron chi connectivity index (χ1n) is 40.8. The first-order chi connectivity index (χ1) is 50.8. The normalized spacial score (nSPS) is 26.6. The Morgan fingerprint density at radius 2 is 0.673 bits per heavy atom. The second kappa shape index (κ2) is 64.1. The van der Waals surface area contributed by atoms with Gasteiger partial charge in [-0.25, -0.2) is 0 Å². The molecule has 19 heteroatoms. The zero-order valence-electron chi connectivity index (χ0n) is 64.0. The van der Waals surface area contributed by atoms with E-state index in [1.54, 1.807) is 6.08 Å². The van der Waals surface area contributed by atoms with Crippen molar-refractivity contribution in [2.75, 3.05) is 26.4 Å². The molecule has 0 bridgehead atoms. The van der Waals surface area contributed by atoms with Crippen molar-refractivity contribution in [2.24, 2.45) is 0 Å². The van der Waals surface area contributed by atoms with Gasteiger partial charge in [-0.1, -0.05) is 289 Å². The molecule has 3 saturated heterocycles. The number of carbonyl (C=O) groups excluding carboxylic acids is 1. The molecule has 3 aliphatic rings. The molecule has 0 aromatic carbocycles. The molecular formula is C85H145NO18. The molecular weight excluding hydrogens is 1320 g/mol. The van der Waals surface area contributed by atoms with Crippen LogP contribution in [-0.2, 0) is 33.2 Å². The third kappa shape index (κ3) is 43.4. The summed E-state index contributed by atoms with van der Waals surface area (Å²) in [5, 5.41) is 121. The largest absolute Gasteiger partial charge is 0.394 e. The van der Waals surface area contributed by atoms with Gasteiger partial charge in [-0.2, -0.15) is 0 Å². The molecule has 17 atom stereocenters. The average molecular weight is 1470 g/mol. The minimum Gasteiger partial charge on any atom is -0.394 e. The smallest absolute Gasteiger partial charge is 0.220 e. The van der Waals surface area contributed by atoms with E-state index in [9.17, 15) is 61.0 Å². The Kier molecular flexibility index (Phi) is 58.1. The van der Waals surface area contributed by atoms with Crippen molar-refractivity contribution < 1.29 is 89.4 Å². The van der Waals surface area contributed by atoms with Crippen LogP contribution in [0.5, 0.6) is 0 Å². The fourth-order valence-corrected chi connectivity index (χ4v) is 13.0. The number of aliphatic hydroxyl groups is 11. The molecule has 0 spiro atoms. The molecule has 19 nitrogen and oxygen atoms in total. The summed E-state index contributed by atoms with van der Waals surface area (Å²) in [7, 11) is 0. The molecule has 3 heterocycles. The molecule has 598 valence electrons. The van der Waals surface area contributed by atoms with E-state index in [-0.39, 0.29) is 18.9 Å². The van der Waals surface area contributed by atoms with Crippen LogP contribution in [0.2, 0.25) is 0 Å². The Labute approximate surface area is 627 Å². The zero-order chi connectivity index (χ0) is 75.3. The number of aliphatic hydroxyl groups excluding tert-OH is 11. The van der Waals surface area contributed by atoms with Gasteiger partial charge >= 0.3 is 0 Å². The van der Waals surface area contributed by atoms with Gasteiger partial charge in [-0.15, -0.1) is 0 Å². The van der Waals surface area contributed by atoms with Gasteiger partial charge in [0.2, 0.25) is 5.91 Å². The Bertz CT molecular complexity index is 2350. The Morgan fingerprint density at radius 3 is 1.08 bits per heavy atom. The molecule has 3 fully saturated rings. The number of hydrogen-bond donors (Lipinski definition) is 12. The van der Waals surface area contributed by atoms with E-state index < -0.39 is 124 Å². The summed E-state index contributed by atoms with van der Waals surface area (Å²) in [6, 6.07) is -1.00. The van der Waals surface area contributed by atoms with Crippen molar-refractivity contribution in [3.8, 4) is 0 Å². The van der Waals surface area contributed by atoms with Crippen LogP contribution in [0.4, 0.5) is 0 Å². The highest BCUT2D eigenvalue weighted by Crippen LogP contribution is 2.33. The minimum atomic E-state index is -1.99. The van der Waals surface area contributed by atoms with E-state index >= 15 is 0 Å². The summed E-state index contributed by atoms with van der Waals surface area (Å²) in [6.45, 7) is 1.61. The van der Waals surface area contributed by atoms with E-state index in [0.29, 0.717) is 12.8 Å². The SMILES string of the molecule is CC/C=C\C/C=C\C/C=C\C/C=C\C/C=C\C/C=C\C/C=C\CCCCCCCCCCCCCCCCCC(=O)NC(COC1OC(CO)C(OC2OC(CO)C(OC3OC(CO)C(O)C(O)C3O)C(O)C2O)C(O)C1O)C(O)/C=C/CC/C=C/CC/C=C/CCCCCCCCCCCCCC. The van der Waals surface area contributed by atoms with E-state index in [4.69, 9.17) is 28.4 Å². The van der Waals surface area contributed by atoms with Crippen LogP contribution < -0.4 is 5.32 Å². The summed E-state index contributed by atoms with van der Waals surface area (Å²) < 4.78 is 34.4. The fourth-order valence-electron chi connectivity index (χ4n) is 13.0. The molecule has 3 rings (SSSR count). The summed E-state index contributed by atoms with van der Waals surface area (Å²) in [4.78, 5) is 13.5. The lowest BCUT2D eigenvalue weighted by Crippen LogP contribution is -2.66. The molecule has 0 saturated carbocycles. The lowest BCUT2D eigenvalue weighted by molar-refractivity contribution is -0.379. The highest BCUT2D eigenvalue weighted by Gasteiger charge is 2.54. The van der Waals surface area contributed by atoms with Crippen molar-refractivity contribution in [3.63, 3.8) is 0 Å². The van der Waals surface area contributed by atoms with Gasteiger partial charge in [0.1, 0.15) is 73.2 Å². The van der Waals surface area contributed by atoms with Crippen LogP contribution in [0.1, 0.15) is 277 Å². The second-order valence-corrected chi connectivity index (χ2v) is 28.5. The van der Waals surface area contributed by atoms with Gasteiger partial charge in [0.25, 0.3) is 0 Å². The molecule has 104 heavy (non-hydrogen) atoms. The molecule has 0 aromatic rings. The lowest BCUT2D eigenvalue weighted by Gasteiger charge is -2.48. The number of ether oxygens (including phenoxy) is 6. The molecule has 0 radical (unpaired) electrons. The van der Waals surface area contributed by atoms with Gasteiger partial charge in [0.05, 0.1) is 38.6 Å². The summed E-state index contributed by atoms with van der Waals surface area (Å²) >= 11 is 0. The van der Waals surface area contributed by atoms with E-state index in [2.05, 4.69) is 129 Å². The third-order valence-electron chi connectivity index (χ3n) is 19.5. The number of carbonyl (C=O) groups is 1. The molecule has 0 aliphatic carbocycles. The summed E-state index contributed by atoms with van der Waals surface area (Å²) in [5.41, 5.74) is 0. The molecule has 17 unspecified atom stereocenters. The van der Waals surface area contributed by atoms with Gasteiger partial charge < -0.3 is 89.9 Å². The molecule has 0 aromatic heterocycles. The summed E-state index contributed by atoms with van der Waals surface area (Å²) in [6.07, 6.45) is 63.3. The minimum absolute atomic E-state index is 0.226. The van der Waals surface area contributed by atoms with Crippen molar-refractivity contribution in [3.05, 3.63) is 122 Å². The van der Waals surface area contributed by atoms with E-state index in [0.717, 1.165) is 103 Å². The maximum atomic E-state index is 13.5. The van der Waals surface area contributed by atoms with Gasteiger partial charge in [-0.05, 0) is 103 Å². The number of amides is 1. The van der Waals surface area contributed by atoms with Gasteiger partial charge in [0, 0.05) is 6.42 Å². The number of unbranched alkanes of at least 4 members (excludes halogenated alkanes) is 29. The van der Waals surface area contributed by atoms with Crippen molar-refractivity contribution in [1.82, 2.24) is 5.32 Å². The Balaban J connectivity index is 1.36. The molecule has 1 amide bonds. The zero-order valence-corrected chi connectivity index (χ0v) is 64.0. The quantitative estimate of drug-likeness (QED) is 0.0199. The third-order valence-corrected chi connectivity index (χ3v) is 19.5. The van der Waals surface area contributed by atoms with Crippen molar-refractivity contribution >= 4 is 5.91 Å². The topological polar surface area (TPSA) is 307 Å². The Morgan fingerprint density at radius 1 is 0.356 bits per heavy atom. The molecule has 12 N–H and O–H groups in total. The van der Waals surface area contributed by atoms with Crippen LogP contribution in [-0.4, -0.2) is 193 Å². The van der Waals surface area contributed by atoms with Gasteiger partial charge in [-0.3, -0.25) is 4.79 Å². The average Bonchev–Trinajstić information content (AvgIpc) is 0.783. The van der Waals surface area contributed by atoms with Crippen LogP contribution in [0.25, 0.3) is 0 Å². The van der Waals surface area contributed by atoms with Crippen LogP contribution in [0, 0.1) is 0 Å². The highest BCUT2D eigenvalue weighted by molar-refractivity contribution is 5.76. The second-order valence-electron chi connectivity index (χ2n) is 28.5. The number of hydrogen-bond acceptors (Lipinski definition) is 18. The van der Waals surface area contributed by atoms with Crippen molar-refractivity contribution in [2.45, 2.75) is 381 Å². The number of allylic oxidation sites excluding steroid dienone is 19. The lowest BCUT2D eigenvalue weighted by atomic mass is 9.96. The van der Waals surface area contributed by atoms with Crippen LogP contribution >= 0.6 is 0 Å². The predicted octanol–water partition coefficient (Wildman–Crippen LogP) is 13.9. The highest BCUT2D eigenvalue weighted by atomic mass is 16.8. The number of rotatable bonds is 63. The maximum absolute atomic E-state index is 13.5. The maximum Gasteiger partial charge on any atom is 0.220 e. The standard InChI is InChI=1S/C85H145NO18/c1-3-5-7-9-11-13-15-17-19-21-23-25-27-28-29-30-31-32-33-34-35-36-37-38-39-40-41-43-45-47-49-51-53-55-57-59-61-63-73(91)86-68(69(90)62-60-58-56-54-52-50-48-46-44-42-26-24-22-20-18-16-14-12-10-8-6-4-2)67-99-83-79(97)76(94)81(71(65-88)101-83)104-85-80(98)77(95)82(72(66-89)102-85)103-84-78(96)75(93)74(92)70(64-87)100-84/h5,7,11,13,17,19,23,25,28-29,31-32,34-35,44,46,52,54,60,62,68-72,74-85,87-90,92-98H,3-4,6,8-10,12,14-16,18,20-22,24,26-27,30,33,36-43,45,47-51,53,55-59,61,63-67H2,1-2H3,(H,86,91)/b7-5-,13-11-,19-17-,25-23-,29-28-,32-31-,35-34-,46-44+,54-52+,62-60+. The molecule has 3 aliphatic heterocycles. The van der Waals surface area contributed by atoms with Crippen molar-refractivity contribution in [1.29, 1.82) is 0 Å². The summed E-state index contributed by atoms with van der Waals surface area (Å²) in [5.74, 6) is -0.292. The monoisotopic (exact) mass is 1470 g/mol. The van der Waals surface area contributed by atoms with E-state index in [1.165, 1.54) is 141 Å². The fraction of sp³-hybridized carbons (Fsp3) is 0.753. The number of nitrogens with one attached hydrogen (secondary N) is 1. The first-order valence-corrected chi connectivity index (χ1v) is 40.8. The van der Waals surface area contributed by atoms with Crippen LogP contribution in [0.3, 0.4) is 0 Å². The van der Waals surface area contributed by atoms with Gasteiger partial charge in [0.15, 0.2) is 18.9 Å². The first kappa shape index (κ1) is 94.4.